The fraction of sp³-hybridized carbons (Fsp3) is 0.281. The molecule has 0 unspecified atom stereocenters. The van der Waals surface area contributed by atoms with E-state index in [1.807, 2.05) is 48.7 Å². The van der Waals surface area contributed by atoms with Crippen molar-refractivity contribution in [3.8, 4) is 11.3 Å². The lowest BCUT2D eigenvalue weighted by Gasteiger charge is -2.25. The number of fused-ring (bicyclic) bond motifs is 1. The lowest BCUT2D eigenvalue weighted by atomic mass is 9.79. The number of rotatable bonds is 5. The number of anilines is 2. The standard InChI is InChI=1S/C32H34ClN5O/c1-31(2,3)22-17-24(23-15-16-32(4,5)25(23)18-22)28-20-38(34-19-21-11-7-6-8-12-21)29(35-28)37-30(39)36-27-14-10-9-13-26(27)33/h6-14,17-20H,15-16H2,1-5H3,(H2,35,36,37,39). The van der Waals surface area contributed by atoms with Crippen LogP contribution in [0.4, 0.5) is 16.4 Å². The number of urea groups is 1. The van der Waals surface area contributed by atoms with Gasteiger partial charge in [0.05, 0.1) is 28.8 Å². The number of amides is 2. The average Bonchev–Trinajstić information content (AvgIpc) is 3.43. The topological polar surface area (TPSA) is 71.3 Å². The summed E-state index contributed by atoms with van der Waals surface area (Å²) < 4.78 is 1.62. The van der Waals surface area contributed by atoms with Crippen molar-refractivity contribution in [2.24, 2.45) is 5.10 Å². The van der Waals surface area contributed by atoms with Crippen molar-refractivity contribution in [2.45, 2.75) is 58.3 Å². The summed E-state index contributed by atoms with van der Waals surface area (Å²) >= 11 is 6.25. The Labute approximate surface area is 235 Å². The minimum atomic E-state index is -0.453. The molecule has 3 aromatic carbocycles. The van der Waals surface area contributed by atoms with Crippen LogP contribution in [-0.2, 0) is 17.3 Å². The first-order valence-corrected chi connectivity index (χ1v) is 13.6. The fourth-order valence-electron chi connectivity index (χ4n) is 4.94. The van der Waals surface area contributed by atoms with Gasteiger partial charge in [0.2, 0.25) is 5.95 Å². The number of hydrogen-bond acceptors (Lipinski definition) is 3. The van der Waals surface area contributed by atoms with E-state index >= 15 is 0 Å². The molecule has 0 aliphatic heterocycles. The molecule has 200 valence electrons. The van der Waals surface area contributed by atoms with Crippen LogP contribution in [0.3, 0.4) is 0 Å². The Morgan fingerprint density at radius 3 is 2.49 bits per heavy atom. The molecule has 0 fully saturated rings. The van der Waals surface area contributed by atoms with Gasteiger partial charge in [0.15, 0.2) is 0 Å². The molecule has 39 heavy (non-hydrogen) atoms. The molecule has 1 aliphatic carbocycles. The number of aromatic nitrogens is 2. The van der Waals surface area contributed by atoms with E-state index in [1.54, 1.807) is 23.0 Å². The molecule has 0 bridgehead atoms. The van der Waals surface area contributed by atoms with Crippen molar-refractivity contribution in [1.82, 2.24) is 9.66 Å². The van der Waals surface area contributed by atoms with E-state index in [2.05, 4.69) is 62.5 Å². The first kappa shape index (κ1) is 26.7. The second kappa shape index (κ2) is 10.3. The Kier molecular flexibility index (Phi) is 7.08. The molecule has 1 heterocycles. The molecule has 2 N–H and O–H groups in total. The zero-order valence-corrected chi connectivity index (χ0v) is 23.8. The molecular weight excluding hydrogens is 506 g/mol. The van der Waals surface area contributed by atoms with Crippen LogP contribution in [0.15, 0.2) is 78.0 Å². The predicted octanol–water partition coefficient (Wildman–Crippen LogP) is 8.25. The van der Waals surface area contributed by atoms with E-state index in [4.69, 9.17) is 16.6 Å². The zero-order valence-electron chi connectivity index (χ0n) is 23.0. The summed E-state index contributed by atoms with van der Waals surface area (Å²) in [6, 6.07) is 21.1. The molecule has 7 heteroatoms. The lowest BCUT2D eigenvalue weighted by Crippen LogP contribution is -2.21. The summed E-state index contributed by atoms with van der Waals surface area (Å²) in [4.78, 5) is 17.9. The van der Waals surface area contributed by atoms with Crippen molar-refractivity contribution in [3.05, 3.63) is 100 Å². The second-order valence-electron chi connectivity index (χ2n) is 11.7. The molecule has 5 rings (SSSR count). The predicted molar refractivity (Wildman–Crippen MR) is 161 cm³/mol. The number of carbonyl (C=O) groups excluding carboxylic acids is 1. The maximum atomic E-state index is 13.0. The van der Waals surface area contributed by atoms with Gasteiger partial charge in [0, 0.05) is 5.56 Å². The Hall–Kier alpha value is -3.90. The van der Waals surface area contributed by atoms with Gasteiger partial charge in [-0.3, -0.25) is 5.32 Å². The van der Waals surface area contributed by atoms with Gasteiger partial charge in [-0.1, -0.05) is 94.8 Å². The van der Waals surface area contributed by atoms with Gasteiger partial charge in [-0.15, -0.1) is 0 Å². The fourth-order valence-corrected chi connectivity index (χ4v) is 5.12. The summed E-state index contributed by atoms with van der Waals surface area (Å²) in [5.41, 5.74) is 7.34. The molecule has 0 saturated heterocycles. The van der Waals surface area contributed by atoms with Crippen molar-refractivity contribution in [1.29, 1.82) is 0 Å². The molecule has 2 amide bonds. The maximum Gasteiger partial charge on any atom is 0.326 e. The van der Waals surface area contributed by atoms with E-state index < -0.39 is 6.03 Å². The molecule has 0 spiro atoms. The first-order chi connectivity index (χ1) is 18.5. The Bertz CT molecular complexity index is 1550. The van der Waals surface area contributed by atoms with E-state index in [9.17, 15) is 4.79 Å². The number of halogens is 1. The molecule has 1 aliphatic rings. The summed E-state index contributed by atoms with van der Waals surface area (Å²) in [6.07, 6.45) is 5.71. The number of nitrogens with one attached hydrogen (secondary N) is 2. The molecular formula is C32H34ClN5O. The number of carbonyl (C=O) groups is 1. The van der Waals surface area contributed by atoms with Crippen LogP contribution in [0.25, 0.3) is 11.3 Å². The molecule has 0 radical (unpaired) electrons. The molecule has 0 atom stereocenters. The van der Waals surface area contributed by atoms with Crippen LogP contribution in [0.1, 0.15) is 63.3 Å². The van der Waals surface area contributed by atoms with Crippen LogP contribution in [0.2, 0.25) is 5.02 Å². The summed E-state index contributed by atoms with van der Waals surface area (Å²) in [5.74, 6) is 0.314. The third kappa shape index (κ3) is 5.76. The third-order valence-electron chi connectivity index (χ3n) is 7.29. The molecule has 0 saturated carbocycles. The maximum absolute atomic E-state index is 13.0. The Morgan fingerprint density at radius 2 is 1.77 bits per heavy atom. The number of para-hydroxylation sites is 1. The Morgan fingerprint density at radius 1 is 1.05 bits per heavy atom. The highest BCUT2D eigenvalue weighted by Crippen LogP contribution is 2.45. The zero-order chi connectivity index (χ0) is 27.8. The van der Waals surface area contributed by atoms with Gasteiger partial charge in [-0.25, -0.2) is 14.5 Å². The highest BCUT2D eigenvalue weighted by molar-refractivity contribution is 6.33. The highest BCUT2D eigenvalue weighted by atomic mass is 35.5. The van der Waals surface area contributed by atoms with Gasteiger partial charge in [-0.05, 0) is 64.1 Å². The van der Waals surface area contributed by atoms with E-state index in [0.717, 1.165) is 29.7 Å². The SMILES string of the molecule is CC(C)(C)c1cc(-c2cn(N=Cc3ccccc3)c(NC(=O)Nc3ccccc3Cl)n2)c2c(c1)C(C)(C)CC2. The minimum Gasteiger partial charge on any atom is -0.306 e. The van der Waals surface area contributed by atoms with Gasteiger partial charge < -0.3 is 5.32 Å². The van der Waals surface area contributed by atoms with Gasteiger partial charge in [0.1, 0.15) is 0 Å². The second-order valence-corrected chi connectivity index (χ2v) is 12.1. The number of hydrogen-bond donors (Lipinski definition) is 2. The molecule has 4 aromatic rings. The van der Waals surface area contributed by atoms with E-state index in [-0.39, 0.29) is 10.8 Å². The monoisotopic (exact) mass is 539 g/mol. The van der Waals surface area contributed by atoms with Crippen LogP contribution >= 0.6 is 11.6 Å². The van der Waals surface area contributed by atoms with Gasteiger partial charge in [0.25, 0.3) is 0 Å². The highest BCUT2D eigenvalue weighted by Gasteiger charge is 2.34. The Balaban J connectivity index is 1.57. The lowest BCUT2D eigenvalue weighted by molar-refractivity contribution is 0.262. The van der Waals surface area contributed by atoms with Crippen molar-refractivity contribution >= 4 is 35.5 Å². The first-order valence-electron chi connectivity index (χ1n) is 13.2. The van der Waals surface area contributed by atoms with Crippen LogP contribution in [-0.4, -0.2) is 21.9 Å². The molecule has 1 aromatic heterocycles. The smallest absolute Gasteiger partial charge is 0.306 e. The van der Waals surface area contributed by atoms with E-state index in [0.29, 0.717) is 16.7 Å². The quantitative estimate of drug-likeness (QED) is 0.251. The van der Waals surface area contributed by atoms with Crippen molar-refractivity contribution in [2.75, 3.05) is 10.6 Å². The van der Waals surface area contributed by atoms with Crippen molar-refractivity contribution < 1.29 is 4.79 Å². The van der Waals surface area contributed by atoms with Crippen molar-refractivity contribution in [3.63, 3.8) is 0 Å². The third-order valence-corrected chi connectivity index (χ3v) is 7.62. The largest absolute Gasteiger partial charge is 0.326 e. The van der Waals surface area contributed by atoms with Crippen LogP contribution in [0, 0.1) is 0 Å². The average molecular weight is 540 g/mol. The van der Waals surface area contributed by atoms with Crippen LogP contribution in [0.5, 0.6) is 0 Å². The van der Waals surface area contributed by atoms with Gasteiger partial charge in [-0.2, -0.15) is 5.10 Å². The van der Waals surface area contributed by atoms with Gasteiger partial charge >= 0.3 is 6.03 Å². The van der Waals surface area contributed by atoms with Crippen LogP contribution < -0.4 is 10.6 Å². The summed E-state index contributed by atoms with van der Waals surface area (Å²) in [7, 11) is 0. The van der Waals surface area contributed by atoms with E-state index in [1.165, 1.54) is 16.7 Å². The summed E-state index contributed by atoms with van der Waals surface area (Å²) in [5, 5.41) is 10.8. The number of benzene rings is 3. The molecule has 6 nitrogen and oxygen atoms in total. The number of nitrogens with zero attached hydrogens (tertiary/aromatic N) is 3. The minimum absolute atomic E-state index is 0.0214. The normalized spacial score (nSPS) is 14.4. The number of imidazole rings is 1. The summed E-state index contributed by atoms with van der Waals surface area (Å²) in [6.45, 7) is 11.3.